The number of nitrogen functional groups attached to an aromatic ring is 1. The fraction of sp³-hybridized carbons (Fsp3) is 0.300. The number of aromatic nitrogens is 4. The minimum absolute atomic E-state index is 0.496. The Labute approximate surface area is 87.0 Å². The lowest BCUT2D eigenvalue weighted by atomic mass is 10.4. The maximum Gasteiger partial charge on any atom is 0.154 e. The lowest BCUT2D eigenvalue weighted by molar-refractivity contribution is 0.834. The Balaban J connectivity index is 1.97. The van der Waals surface area contributed by atoms with Gasteiger partial charge in [-0.25, -0.2) is 14.6 Å². The van der Waals surface area contributed by atoms with Crippen molar-refractivity contribution in [2.24, 2.45) is 0 Å². The molecule has 0 aromatic carbocycles. The Morgan fingerprint density at radius 2 is 2.20 bits per heavy atom. The zero-order chi connectivity index (χ0) is 10.3. The van der Waals surface area contributed by atoms with E-state index in [0.717, 1.165) is 11.5 Å². The number of rotatable bonds is 2. The zero-order valence-corrected chi connectivity index (χ0v) is 8.17. The molecule has 2 N–H and O–H groups in total. The first kappa shape index (κ1) is 8.40. The number of nitrogens with two attached hydrogens (primary N) is 1. The summed E-state index contributed by atoms with van der Waals surface area (Å²) in [5, 5.41) is 4.41. The van der Waals surface area contributed by atoms with E-state index in [4.69, 9.17) is 5.73 Å². The molecule has 0 unspecified atom stereocenters. The van der Waals surface area contributed by atoms with Gasteiger partial charge in [-0.05, 0) is 18.9 Å². The summed E-state index contributed by atoms with van der Waals surface area (Å²) in [5.74, 6) is 2.01. The Kier molecular flexibility index (Phi) is 1.71. The van der Waals surface area contributed by atoms with E-state index in [2.05, 4.69) is 15.1 Å². The van der Waals surface area contributed by atoms with Crippen LogP contribution in [0.25, 0.3) is 5.69 Å². The van der Waals surface area contributed by atoms with Gasteiger partial charge in [-0.3, -0.25) is 0 Å². The third kappa shape index (κ3) is 1.56. The van der Waals surface area contributed by atoms with Gasteiger partial charge in [-0.2, -0.15) is 5.10 Å². The lowest BCUT2D eigenvalue weighted by Gasteiger charge is -1.99. The molecule has 5 nitrogen and oxygen atoms in total. The number of hydrogen-bond acceptors (Lipinski definition) is 4. The highest BCUT2D eigenvalue weighted by atomic mass is 15.3. The van der Waals surface area contributed by atoms with Gasteiger partial charge >= 0.3 is 0 Å². The molecule has 1 saturated carbocycles. The molecule has 5 heteroatoms. The van der Waals surface area contributed by atoms with E-state index in [1.165, 1.54) is 12.8 Å². The summed E-state index contributed by atoms with van der Waals surface area (Å²) < 4.78 is 1.74. The molecule has 0 saturated heterocycles. The summed E-state index contributed by atoms with van der Waals surface area (Å²) in [6.07, 6.45) is 5.82. The summed E-state index contributed by atoms with van der Waals surface area (Å²) >= 11 is 0. The largest absolute Gasteiger partial charge is 0.384 e. The molecule has 3 rings (SSSR count). The van der Waals surface area contributed by atoms with E-state index in [-0.39, 0.29) is 0 Å². The van der Waals surface area contributed by atoms with E-state index in [9.17, 15) is 0 Å². The van der Waals surface area contributed by atoms with Crippen LogP contribution in [-0.2, 0) is 0 Å². The Morgan fingerprint density at radius 3 is 2.93 bits per heavy atom. The molecule has 2 heterocycles. The van der Waals surface area contributed by atoms with E-state index in [1.807, 2.05) is 6.07 Å². The van der Waals surface area contributed by atoms with Crippen LogP contribution in [0.15, 0.2) is 24.7 Å². The molecule has 0 radical (unpaired) electrons. The van der Waals surface area contributed by atoms with Gasteiger partial charge in [0.1, 0.15) is 12.1 Å². The average molecular weight is 201 g/mol. The van der Waals surface area contributed by atoms with Crippen molar-refractivity contribution in [3.8, 4) is 5.69 Å². The molecule has 0 atom stereocenters. The molecule has 0 amide bonds. The van der Waals surface area contributed by atoms with Gasteiger partial charge in [0.2, 0.25) is 0 Å². The van der Waals surface area contributed by atoms with Crippen molar-refractivity contribution in [1.29, 1.82) is 0 Å². The molecule has 1 aliphatic rings. The van der Waals surface area contributed by atoms with Crippen LogP contribution in [0.1, 0.15) is 24.6 Å². The summed E-state index contributed by atoms with van der Waals surface area (Å²) in [5.41, 5.74) is 6.51. The smallest absolute Gasteiger partial charge is 0.154 e. The molecule has 0 aliphatic heterocycles. The minimum atomic E-state index is 0.496. The Bertz CT molecular complexity index is 486. The fourth-order valence-corrected chi connectivity index (χ4v) is 1.51. The quantitative estimate of drug-likeness (QED) is 0.790. The van der Waals surface area contributed by atoms with Gasteiger partial charge in [-0.1, -0.05) is 0 Å². The zero-order valence-electron chi connectivity index (χ0n) is 8.17. The van der Waals surface area contributed by atoms with Crippen molar-refractivity contribution < 1.29 is 0 Å². The second kappa shape index (κ2) is 3.05. The molecule has 2 aromatic heterocycles. The van der Waals surface area contributed by atoms with Crippen LogP contribution >= 0.6 is 0 Å². The van der Waals surface area contributed by atoms with Crippen LogP contribution in [0.4, 0.5) is 5.82 Å². The highest BCUT2D eigenvalue weighted by molar-refractivity contribution is 5.40. The highest BCUT2D eigenvalue weighted by Crippen LogP contribution is 2.37. The first-order valence-electron chi connectivity index (χ1n) is 4.96. The number of anilines is 1. The van der Waals surface area contributed by atoms with Crippen LogP contribution in [0, 0.1) is 0 Å². The van der Waals surface area contributed by atoms with E-state index >= 15 is 0 Å². The molecular formula is C10H11N5. The van der Waals surface area contributed by atoms with Gasteiger partial charge in [0.25, 0.3) is 0 Å². The molecule has 15 heavy (non-hydrogen) atoms. The number of nitrogens with zero attached hydrogens (tertiary/aromatic N) is 4. The number of hydrogen-bond donors (Lipinski definition) is 1. The van der Waals surface area contributed by atoms with Crippen LogP contribution in [0.3, 0.4) is 0 Å². The normalized spacial score (nSPS) is 15.5. The molecule has 0 spiro atoms. The van der Waals surface area contributed by atoms with Gasteiger partial charge in [-0.15, -0.1) is 0 Å². The van der Waals surface area contributed by atoms with Crippen LogP contribution < -0.4 is 5.73 Å². The summed E-state index contributed by atoms with van der Waals surface area (Å²) in [4.78, 5) is 8.21. The summed E-state index contributed by atoms with van der Waals surface area (Å²) in [6, 6.07) is 3.65. The first-order chi connectivity index (χ1) is 7.33. The number of pyridine rings is 1. The van der Waals surface area contributed by atoms with Gasteiger partial charge in [0.15, 0.2) is 5.82 Å². The standard InChI is InChI=1S/C10H11N5/c11-9-5-8(3-4-12-9)15-6-13-10(14-15)7-1-2-7/h3-7H,1-2H2,(H2,11,12). The predicted molar refractivity (Wildman–Crippen MR) is 55.5 cm³/mol. The molecule has 2 aromatic rings. The van der Waals surface area contributed by atoms with Gasteiger partial charge in [0.05, 0.1) is 5.69 Å². The van der Waals surface area contributed by atoms with E-state index in [0.29, 0.717) is 11.7 Å². The second-order valence-corrected chi connectivity index (χ2v) is 3.76. The van der Waals surface area contributed by atoms with Crippen molar-refractivity contribution in [1.82, 2.24) is 19.7 Å². The minimum Gasteiger partial charge on any atom is -0.384 e. The van der Waals surface area contributed by atoms with Gasteiger partial charge in [0, 0.05) is 18.2 Å². The van der Waals surface area contributed by atoms with Crippen molar-refractivity contribution in [2.45, 2.75) is 18.8 Å². The molecule has 76 valence electrons. The molecule has 1 aliphatic carbocycles. The summed E-state index contributed by atoms with van der Waals surface area (Å²) in [7, 11) is 0. The topological polar surface area (TPSA) is 69.6 Å². The fourth-order valence-electron chi connectivity index (χ4n) is 1.51. The molecule has 0 bridgehead atoms. The van der Waals surface area contributed by atoms with Crippen LogP contribution in [0.2, 0.25) is 0 Å². The third-order valence-corrected chi connectivity index (χ3v) is 2.48. The van der Waals surface area contributed by atoms with E-state index < -0.39 is 0 Å². The first-order valence-corrected chi connectivity index (χ1v) is 4.96. The second-order valence-electron chi connectivity index (χ2n) is 3.76. The van der Waals surface area contributed by atoms with Crippen molar-refractivity contribution in [3.63, 3.8) is 0 Å². The van der Waals surface area contributed by atoms with Crippen molar-refractivity contribution >= 4 is 5.82 Å². The maximum atomic E-state index is 5.60. The van der Waals surface area contributed by atoms with E-state index in [1.54, 1.807) is 23.3 Å². The van der Waals surface area contributed by atoms with Crippen LogP contribution in [0.5, 0.6) is 0 Å². The average Bonchev–Trinajstić information content (AvgIpc) is 2.97. The maximum absolute atomic E-state index is 5.60. The van der Waals surface area contributed by atoms with Crippen molar-refractivity contribution in [2.75, 3.05) is 5.73 Å². The van der Waals surface area contributed by atoms with Crippen LogP contribution in [-0.4, -0.2) is 19.7 Å². The Morgan fingerprint density at radius 1 is 1.33 bits per heavy atom. The van der Waals surface area contributed by atoms with Crippen molar-refractivity contribution in [3.05, 3.63) is 30.5 Å². The lowest BCUT2D eigenvalue weighted by Crippen LogP contribution is -1.98. The monoisotopic (exact) mass is 201 g/mol. The predicted octanol–water partition coefficient (Wildman–Crippen LogP) is 1.12. The summed E-state index contributed by atoms with van der Waals surface area (Å²) in [6.45, 7) is 0. The highest BCUT2D eigenvalue weighted by Gasteiger charge is 2.27. The van der Waals surface area contributed by atoms with Gasteiger partial charge < -0.3 is 5.73 Å². The SMILES string of the molecule is Nc1cc(-n2cnc(C3CC3)n2)ccn1. The molecule has 1 fully saturated rings. The third-order valence-electron chi connectivity index (χ3n) is 2.48. The molecular weight excluding hydrogens is 190 g/mol. The Hall–Kier alpha value is -1.91.